The third-order valence-electron chi connectivity index (χ3n) is 4.94. The summed E-state index contributed by atoms with van der Waals surface area (Å²) >= 11 is 0. The number of para-hydroxylation sites is 1. The highest BCUT2D eigenvalue weighted by molar-refractivity contribution is 7.58. The molecule has 0 spiro atoms. The summed E-state index contributed by atoms with van der Waals surface area (Å²) in [5.41, 5.74) is 1.29. The quantitative estimate of drug-likeness (QED) is 0.310. The van der Waals surface area contributed by atoms with Crippen molar-refractivity contribution in [3.63, 3.8) is 0 Å². The zero-order valence-corrected chi connectivity index (χ0v) is 19.9. The van der Waals surface area contributed by atoms with E-state index in [9.17, 15) is 9.90 Å². The fourth-order valence-electron chi connectivity index (χ4n) is 3.56. The first-order chi connectivity index (χ1) is 14.8. The van der Waals surface area contributed by atoms with Crippen LogP contribution in [-0.4, -0.2) is 43.7 Å². The first kappa shape index (κ1) is 23.6. The van der Waals surface area contributed by atoms with E-state index in [2.05, 4.69) is 12.2 Å². The standard InChI is InChI=1S/C23H33N4O3P/c1-5-7-10-13-31-22(28)26-21-19-20(16-11-8-9-12-17(16)24-21)27(15-23(3,4)29)18(25-19)14-30-6-2/h8-9,11-12,29,31H,5-7,10,13-15H2,1-4H3,(H,24,26,28). The molecule has 0 radical (unpaired) electrons. The largest absolute Gasteiger partial charge is 0.389 e. The smallest absolute Gasteiger partial charge is 0.243 e. The zero-order chi connectivity index (χ0) is 22.4. The minimum absolute atomic E-state index is 0.0245. The Morgan fingerprint density at radius 2 is 2.00 bits per heavy atom. The molecule has 1 unspecified atom stereocenters. The van der Waals surface area contributed by atoms with Gasteiger partial charge in [0.25, 0.3) is 0 Å². The van der Waals surface area contributed by atoms with Gasteiger partial charge >= 0.3 is 0 Å². The molecule has 2 aromatic heterocycles. The molecular weight excluding hydrogens is 411 g/mol. The third-order valence-corrected chi connectivity index (χ3v) is 5.99. The lowest BCUT2D eigenvalue weighted by molar-refractivity contribution is 0.0582. The average molecular weight is 445 g/mol. The summed E-state index contributed by atoms with van der Waals surface area (Å²) in [6.07, 6.45) is 4.22. The van der Waals surface area contributed by atoms with Crippen LogP contribution in [0.5, 0.6) is 0 Å². The first-order valence-electron chi connectivity index (χ1n) is 11.0. The number of amides is 1. The Balaban J connectivity index is 2.08. The van der Waals surface area contributed by atoms with Crippen molar-refractivity contribution >= 4 is 42.0 Å². The van der Waals surface area contributed by atoms with Crippen LogP contribution in [0.1, 0.15) is 52.8 Å². The van der Waals surface area contributed by atoms with Crippen molar-refractivity contribution in [1.29, 1.82) is 0 Å². The van der Waals surface area contributed by atoms with Gasteiger partial charge in [-0.05, 0) is 48.0 Å². The average Bonchev–Trinajstić information content (AvgIpc) is 3.07. The molecule has 1 atom stereocenters. The Bertz CT molecular complexity index is 1040. The maximum absolute atomic E-state index is 12.6. The second-order valence-electron chi connectivity index (χ2n) is 8.33. The van der Waals surface area contributed by atoms with Crippen LogP contribution in [0.3, 0.4) is 0 Å². The number of nitrogens with zero attached hydrogens (tertiary/aromatic N) is 3. The molecule has 31 heavy (non-hydrogen) atoms. The molecule has 0 saturated carbocycles. The number of hydrogen-bond donors (Lipinski definition) is 2. The Labute approximate surface area is 185 Å². The van der Waals surface area contributed by atoms with Crippen LogP contribution in [-0.2, 0) is 17.9 Å². The van der Waals surface area contributed by atoms with Gasteiger partial charge in [0.15, 0.2) is 5.82 Å². The van der Waals surface area contributed by atoms with E-state index in [1.165, 1.54) is 0 Å². The number of carbonyl (C=O) groups is 1. The molecule has 0 fully saturated rings. The van der Waals surface area contributed by atoms with E-state index in [0.717, 1.165) is 41.8 Å². The van der Waals surface area contributed by atoms with Crippen molar-refractivity contribution in [2.75, 3.05) is 18.1 Å². The van der Waals surface area contributed by atoms with Gasteiger partial charge in [-0.15, -0.1) is 0 Å². The van der Waals surface area contributed by atoms with E-state index in [0.29, 0.717) is 36.9 Å². The van der Waals surface area contributed by atoms with Crippen LogP contribution in [0.15, 0.2) is 24.3 Å². The Morgan fingerprint density at radius 1 is 1.23 bits per heavy atom. The second-order valence-corrected chi connectivity index (χ2v) is 9.63. The van der Waals surface area contributed by atoms with Gasteiger partial charge < -0.3 is 19.7 Å². The molecule has 8 heteroatoms. The van der Waals surface area contributed by atoms with Crippen LogP contribution >= 0.6 is 8.58 Å². The molecule has 2 heterocycles. The lowest BCUT2D eigenvalue weighted by Crippen LogP contribution is -2.27. The van der Waals surface area contributed by atoms with Crippen molar-refractivity contribution in [3.8, 4) is 0 Å². The molecule has 1 amide bonds. The van der Waals surface area contributed by atoms with Gasteiger partial charge in [-0.3, -0.25) is 4.79 Å². The van der Waals surface area contributed by atoms with Gasteiger partial charge in [-0.25, -0.2) is 9.97 Å². The molecule has 0 aliphatic carbocycles. The predicted molar refractivity (Wildman–Crippen MR) is 128 cm³/mol. The highest BCUT2D eigenvalue weighted by Crippen LogP contribution is 2.32. The fourth-order valence-corrected chi connectivity index (χ4v) is 4.42. The van der Waals surface area contributed by atoms with E-state index in [-0.39, 0.29) is 14.2 Å². The number of imidazole rings is 1. The summed E-state index contributed by atoms with van der Waals surface area (Å²) in [7, 11) is 0.196. The number of benzene rings is 1. The minimum atomic E-state index is -0.941. The Morgan fingerprint density at radius 3 is 2.71 bits per heavy atom. The number of fused-ring (bicyclic) bond motifs is 3. The molecule has 168 valence electrons. The van der Waals surface area contributed by atoms with Gasteiger partial charge in [0, 0.05) is 12.0 Å². The Kier molecular flexibility index (Phi) is 7.98. The van der Waals surface area contributed by atoms with Gasteiger partial charge in [0.1, 0.15) is 17.9 Å². The molecule has 0 aliphatic heterocycles. The van der Waals surface area contributed by atoms with Crippen LogP contribution in [0.25, 0.3) is 21.9 Å². The van der Waals surface area contributed by atoms with E-state index in [1.807, 2.05) is 35.8 Å². The summed E-state index contributed by atoms with van der Waals surface area (Å²) in [5, 5.41) is 14.5. The number of carbonyl (C=O) groups excluding carboxylic acids is 1. The van der Waals surface area contributed by atoms with Crippen molar-refractivity contribution in [3.05, 3.63) is 30.1 Å². The highest BCUT2D eigenvalue weighted by Gasteiger charge is 2.23. The normalized spacial score (nSPS) is 12.4. The van der Waals surface area contributed by atoms with Crippen LogP contribution in [0.4, 0.5) is 10.6 Å². The van der Waals surface area contributed by atoms with Crippen molar-refractivity contribution in [1.82, 2.24) is 14.5 Å². The fraction of sp³-hybridized carbons (Fsp3) is 0.522. The molecule has 0 bridgehead atoms. The zero-order valence-electron chi connectivity index (χ0n) is 18.9. The lowest BCUT2D eigenvalue weighted by atomic mass is 10.1. The van der Waals surface area contributed by atoms with Gasteiger partial charge in [-0.1, -0.05) is 38.0 Å². The molecular formula is C23H33N4O3P. The summed E-state index contributed by atoms with van der Waals surface area (Å²) < 4.78 is 7.64. The van der Waals surface area contributed by atoms with E-state index >= 15 is 0 Å². The van der Waals surface area contributed by atoms with E-state index in [1.54, 1.807) is 13.8 Å². The van der Waals surface area contributed by atoms with Gasteiger partial charge in [0.2, 0.25) is 5.65 Å². The predicted octanol–water partition coefficient (Wildman–Crippen LogP) is 5.29. The monoisotopic (exact) mass is 444 g/mol. The van der Waals surface area contributed by atoms with Gasteiger partial charge in [-0.2, -0.15) is 0 Å². The maximum Gasteiger partial charge on any atom is 0.243 e. The third kappa shape index (κ3) is 6.00. The van der Waals surface area contributed by atoms with Crippen molar-refractivity contribution in [2.45, 2.75) is 65.7 Å². The van der Waals surface area contributed by atoms with Crippen molar-refractivity contribution < 1.29 is 14.6 Å². The number of nitrogens with one attached hydrogen (secondary N) is 1. The molecule has 0 aliphatic rings. The number of unbranched alkanes of at least 4 members (excludes halogenated alkanes) is 2. The number of aromatic nitrogens is 3. The first-order valence-corrected chi connectivity index (χ1v) is 12.2. The number of aliphatic hydroxyl groups is 1. The molecule has 3 rings (SSSR count). The van der Waals surface area contributed by atoms with E-state index in [4.69, 9.17) is 14.7 Å². The number of ether oxygens (including phenoxy) is 1. The number of pyridine rings is 1. The summed E-state index contributed by atoms with van der Waals surface area (Å²) in [5.74, 6) is 1.17. The Hall–Kier alpha value is -2.08. The second kappa shape index (κ2) is 10.5. The van der Waals surface area contributed by atoms with E-state index < -0.39 is 5.60 Å². The number of rotatable bonds is 11. The van der Waals surface area contributed by atoms with Crippen LogP contribution in [0, 0.1) is 0 Å². The maximum atomic E-state index is 12.6. The van der Waals surface area contributed by atoms with Gasteiger partial charge in [0.05, 0.1) is 23.2 Å². The molecule has 7 nitrogen and oxygen atoms in total. The van der Waals surface area contributed by atoms with Crippen molar-refractivity contribution in [2.24, 2.45) is 0 Å². The lowest BCUT2D eigenvalue weighted by Gasteiger charge is -2.20. The molecule has 1 aromatic carbocycles. The molecule has 3 aromatic rings. The molecule has 0 saturated heterocycles. The topological polar surface area (TPSA) is 89.3 Å². The SMILES string of the molecule is CCCCCPC(=O)Nc1nc2ccccc2c2c1nc(COCC)n2CC(C)(C)O. The number of anilines is 1. The summed E-state index contributed by atoms with van der Waals surface area (Å²) in [6, 6.07) is 7.81. The number of hydrogen-bond acceptors (Lipinski definition) is 5. The minimum Gasteiger partial charge on any atom is -0.389 e. The summed E-state index contributed by atoms with van der Waals surface area (Å²) in [4.78, 5) is 22.1. The molecule has 2 N–H and O–H groups in total. The highest BCUT2D eigenvalue weighted by atomic mass is 31.1. The summed E-state index contributed by atoms with van der Waals surface area (Å²) in [6.45, 7) is 8.87. The van der Waals surface area contributed by atoms with Crippen LogP contribution < -0.4 is 5.32 Å². The van der Waals surface area contributed by atoms with Crippen LogP contribution in [0.2, 0.25) is 0 Å².